The Balaban J connectivity index is 1.24. The molecule has 2 aliphatic rings. The van der Waals surface area contributed by atoms with Gasteiger partial charge in [0.2, 0.25) is 0 Å². The van der Waals surface area contributed by atoms with E-state index in [1.54, 1.807) is 6.20 Å². The van der Waals surface area contributed by atoms with Crippen molar-refractivity contribution in [3.05, 3.63) is 83.6 Å². The molecule has 172 valence electrons. The molecular formula is C27H33N5O. The Bertz CT molecular complexity index is 1080. The molecule has 5 rings (SSSR count). The average Bonchev–Trinajstić information content (AvgIpc) is 3.27. The molecule has 3 heterocycles. The van der Waals surface area contributed by atoms with E-state index in [9.17, 15) is 4.79 Å². The van der Waals surface area contributed by atoms with Crippen LogP contribution in [0.2, 0.25) is 0 Å². The number of anilines is 1. The molecule has 6 nitrogen and oxygen atoms in total. The fourth-order valence-corrected chi connectivity index (χ4v) is 5.14. The van der Waals surface area contributed by atoms with Gasteiger partial charge in [0.1, 0.15) is 11.4 Å². The number of carbonyl (C=O) groups excluding carboxylic acids is 1. The van der Waals surface area contributed by atoms with Crippen LogP contribution >= 0.6 is 0 Å². The summed E-state index contributed by atoms with van der Waals surface area (Å²) in [7, 11) is 0. The van der Waals surface area contributed by atoms with E-state index in [1.807, 2.05) is 10.7 Å². The van der Waals surface area contributed by atoms with E-state index in [-0.39, 0.29) is 23.5 Å². The quantitative estimate of drug-likeness (QED) is 0.606. The largest absolute Gasteiger partial charge is 0.363 e. The minimum absolute atomic E-state index is 0.0326. The number of aromatic nitrogens is 2. The SMILES string of the molecule is CC1(C)CC(c2ccccc2)Nc2c(C(=O)NC3CCN(Cc4ccccc4)CC3)cnn21. The summed E-state index contributed by atoms with van der Waals surface area (Å²) >= 11 is 0. The van der Waals surface area contributed by atoms with Crippen LogP contribution in [0.3, 0.4) is 0 Å². The maximum absolute atomic E-state index is 13.3. The zero-order valence-electron chi connectivity index (χ0n) is 19.5. The summed E-state index contributed by atoms with van der Waals surface area (Å²) in [6.45, 7) is 7.33. The number of rotatable bonds is 5. The van der Waals surface area contributed by atoms with E-state index in [0.29, 0.717) is 5.56 Å². The third-order valence-corrected chi connectivity index (χ3v) is 6.98. The highest BCUT2D eigenvalue weighted by molar-refractivity contribution is 5.99. The summed E-state index contributed by atoms with van der Waals surface area (Å²) < 4.78 is 1.98. The second-order valence-electron chi connectivity index (χ2n) is 9.95. The number of nitrogens with zero attached hydrogens (tertiary/aromatic N) is 3. The summed E-state index contributed by atoms with van der Waals surface area (Å²) in [5.41, 5.74) is 3.03. The van der Waals surface area contributed by atoms with Gasteiger partial charge in [0.15, 0.2) is 0 Å². The molecule has 33 heavy (non-hydrogen) atoms. The van der Waals surface area contributed by atoms with Crippen molar-refractivity contribution in [2.24, 2.45) is 0 Å². The van der Waals surface area contributed by atoms with E-state index in [4.69, 9.17) is 0 Å². The van der Waals surface area contributed by atoms with Gasteiger partial charge in [-0.05, 0) is 44.2 Å². The highest BCUT2D eigenvalue weighted by atomic mass is 16.1. The van der Waals surface area contributed by atoms with Crippen LogP contribution in [0, 0.1) is 0 Å². The average molecular weight is 444 g/mol. The molecule has 6 heteroatoms. The number of benzene rings is 2. The lowest BCUT2D eigenvalue weighted by Gasteiger charge is -2.38. The maximum Gasteiger partial charge on any atom is 0.256 e. The van der Waals surface area contributed by atoms with Crippen LogP contribution in [0.5, 0.6) is 0 Å². The fraction of sp³-hybridized carbons (Fsp3) is 0.407. The number of amides is 1. The molecule has 1 atom stereocenters. The number of fused-ring (bicyclic) bond motifs is 1. The van der Waals surface area contributed by atoms with Gasteiger partial charge in [-0.15, -0.1) is 0 Å². The van der Waals surface area contributed by atoms with Gasteiger partial charge in [0.05, 0.1) is 17.8 Å². The zero-order chi connectivity index (χ0) is 22.8. The fourth-order valence-electron chi connectivity index (χ4n) is 5.14. The van der Waals surface area contributed by atoms with E-state index in [0.717, 1.165) is 44.7 Å². The van der Waals surface area contributed by atoms with Gasteiger partial charge >= 0.3 is 0 Å². The number of likely N-dealkylation sites (tertiary alicyclic amines) is 1. The van der Waals surface area contributed by atoms with E-state index >= 15 is 0 Å². The third kappa shape index (κ3) is 4.67. The highest BCUT2D eigenvalue weighted by Crippen LogP contribution is 2.39. The molecule has 0 radical (unpaired) electrons. The summed E-state index contributed by atoms with van der Waals surface area (Å²) in [5.74, 6) is 0.786. The van der Waals surface area contributed by atoms with Crippen molar-refractivity contribution in [1.82, 2.24) is 20.0 Å². The van der Waals surface area contributed by atoms with Crippen LogP contribution in [0.15, 0.2) is 66.9 Å². The predicted octanol–water partition coefficient (Wildman–Crippen LogP) is 4.57. The Labute approximate surface area is 196 Å². The highest BCUT2D eigenvalue weighted by Gasteiger charge is 2.37. The molecule has 0 aliphatic carbocycles. The summed E-state index contributed by atoms with van der Waals surface area (Å²) in [4.78, 5) is 15.7. The molecule has 1 saturated heterocycles. The molecule has 2 N–H and O–H groups in total. The molecule has 3 aromatic rings. The van der Waals surface area contributed by atoms with Gasteiger partial charge in [-0.1, -0.05) is 60.7 Å². The normalized spacial score (nSPS) is 20.6. The molecule has 0 bridgehead atoms. The molecule has 2 aromatic carbocycles. The second-order valence-corrected chi connectivity index (χ2v) is 9.95. The van der Waals surface area contributed by atoms with Crippen LogP contribution in [-0.2, 0) is 12.1 Å². The Kier molecular flexibility index (Phi) is 5.94. The van der Waals surface area contributed by atoms with Gasteiger partial charge in [-0.3, -0.25) is 9.69 Å². The maximum atomic E-state index is 13.3. The molecule has 0 saturated carbocycles. The lowest BCUT2D eigenvalue weighted by molar-refractivity contribution is 0.0909. The van der Waals surface area contributed by atoms with Crippen LogP contribution < -0.4 is 10.6 Å². The molecule has 1 aromatic heterocycles. The van der Waals surface area contributed by atoms with E-state index in [2.05, 4.69) is 89.1 Å². The van der Waals surface area contributed by atoms with Crippen molar-refractivity contribution in [3.8, 4) is 0 Å². The van der Waals surface area contributed by atoms with Gasteiger partial charge in [-0.25, -0.2) is 4.68 Å². The Morgan fingerprint density at radius 1 is 1.06 bits per heavy atom. The van der Waals surface area contributed by atoms with Crippen molar-refractivity contribution in [1.29, 1.82) is 0 Å². The minimum atomic E-state index is -0.178. The zero-order valence-corrected chi connectivity index (χ0v) is 19.5. The van der Waals surface area contributed by atoms with Gasteiger partial charge in [0.25, 0.3) is 5.91 Å². The Hall–Kier alpha value is -3.12. The van der Waals surface area contributed by atoms with Gasteiger partial charge < -0.3 is 10.6 Å². The monoisotopic (exact) mass is 443 g/mol. The van der Waals surface area contributed by atoms with Gasteiger partial charge in [0, 0.05) is 25.7 Å². The second kappa shape index (κ2) is 9.02. The number of hydrogen-bond acceptors (Lipinski definition) is 4. The number of carbonyl (C=O) groups is 1. The first-order valence-corrected chi connectivity index (χ1v) is 12.0. The smallest absolute Gasteiger partial charge is 0.256 e. The van der Waals surface area contributed by atoms with E-state index in [1.165, 1.54) is 11.1 Å². The molecule has 1 amide bonds. The topological polar surface area (TPSA) is 62.2 Å². The Morgan fingerprint density at radius 2 is 1.73 bits per heavy atom. The standard InChI is InChI=1S/C27H33N5O/c1-27(2)17-24(21-11-7-4-8-12-21)30-25-23(18-28-32(25)27)26(33)29-22-13-15-31(16-14-22)19-20-9-5-3-6-10-20/h3-12,18,22,24,30H,13-17,19H2,1-2H3,(H,29,33). The van der Waals surface area contributed by atoms with Crippen molar-refractivity contribution in [2.75, 3.05) is 18.4 Å². The van der Waals surface area contributed by atoms with Crippen LogP contribution in [0.25, 0.3) is 0 Å². The Morgan fingerprint density at radius 3 is 2.42 bits per heavy atom. The first kappa shape index (κ1) is 21.7. The number of piperidine rings is 1. The van der Waals surface area contributed by atoms with Crippen LogP contribution in [0.1, 0.15) is 60.6 Å². The molecule has 0 spiro atoms. The number of nitrogens with one attached hydrogen (secondary N) is 2. The third-order valence-electron chi connectivity index (χ3n) is 6.98. The van der Waals surface area contributed by atoms with Crippen LogP contribution in [0.4, 0.5) is 5.82 Å². The first-order chi connectivity index (χ1) is 16.0. The molecule has 2 aliphatic heterocycles. The van der Waals surface area contributed by atoms with Crippen molar-refractivity contribution >= 4 is 11.7 Å². The van der Waals surface area contributed by atoms with Gasteiger partial charge in [-0.2, -0.15) is 5.10 Å². The lowest BCUT2D eigenvalue weighted by atomic mass is 9.89. The molecular weight excluding hydrogens is 410 g/mol. The van der Waals surface area contributed by atoms with Crippen LogP contribution in [-0.4, -0.2) is 39.7 Å². The minimum Gasteiger partial charge on any atom is -0.363 e. The lowest BCUT2D eigenvalue weighted by Crippen LogP contribution is -2.44. The van der Waals surface area contributed by atoms with Crippen molar-refractivity contribution < 1.29 is 4.79 Å². The molecule has 1 fully saturated rings. The summed E-state index contributed by atoms with van der Waals surface area (Å²) in [5, 5.41) is 11.5. The first-order valence-electron chi connectivity index (χ1n) is 12.0. The predicted molar refractivity (Wildman–Crippen MR) is 131 cm³/mol. The van der Waals surface area contributed by atoms with E-state index < -0.39 is 0 Å². The molecule has 1 unspecified atom stereocenters. The van der Waals surface area contributed by atoms with Crippen molar-refractivity contribution in [2.45, 2.75) is 57.3 Å². The summed E-state index contributed by atoms with van der Waals surface area (Å²) in [6, 6.07) is 21.4. The summed E-state index contributed by atoms with van der Waals surface area (Å²) in [6.07, 6.45) is 4.56. The number of hydrogen-bond donors (Lipinski definition) is 2. The van der Waals surface area contributed by atoms with Crippen molar-refractivity contribution in [3.63, 3.8) is 0 Å².